The second-order valence-electron chi connectivity index (χ2n) is 5.45. The van der Waals surface area contributed by atoms with E-state index in [-0.39, 0.29) is 11.5 Å². The van der Waals surface area contributed by atoms with Gasteiger partial charge in [0.1, 0.15) is 0 Å². The molecule has 0 atom stereocenters. The molecule has 0 bridgehead atoms. The summed E-state index contributed by atoms with van der Waals surface area (Å²) in [5.41, 5.74) is 0.682. The van der Waals surface area contributed by atoms with Crippen LogP contribution in [0.25, 0.3) is 10.9 Å². The summed E-state index contributed by atoms with van der Waals surface area (Å²) in [6, 6.07) is 7.33. The number of likely N-dealkylation sites (tertiary alicyclic amines) is 1. The SMILES string of the molecule is O=C(CCCn1cnc2ccccc2c1=O)N1CCCC1. The summed E-state index contributed by atoms with van der Waals surface area (Å²) in [6.45, 7) is 2.31. The van der Waals surface area contributed by atoms with E-state index in [0.29, 0.717) is 30.3 Å². The lowest BCUT2D eigenvalue weighted by atomic mass is 10.2. The van der Waals surface area contributed by atoms with E-state index in [2.05, 4.69) is 4.98 Å². The highest BCUT2D eigenvalue weighted by Gasteiger charge is 2.17. The minimum atomic E-state index is -0.0331. The number of hydrogen-bond acceptors (Lipinski definition) is 3. The highest BCUT2D eigenvalue weighted by molar-refractivity contribution is 5.77. The molecule has 0 unspecified atom stereocenters. The van der Waals surface area contributed by atoms with Gasteiger partial charge in [-0.2, -0.15) is 0 Å². The van der Waals surface area contributed by atoms with Crippen LogP contribution in [0.3, 0.4) is 0 Å². The Hall–Kier alpha value is -2.17. The average Bonchev–Trinajstić information content (AvgIpc) is 3.04. The van der Waals surface area contributed by atoms with Crippen molar-refractivity contribution in [3.63, 3.8) is 0 Å². The van der Waals surface area contributed by atoms with Crippen LogP contribution in [0.4, 0.5) is 0 Å². The van der Waals surface area contributed by atoms with Crippen LogP contribution in [0.1, 0.15) is 25.7 Å². The standard InChI is InChI=1S/C16H19N3O2/c20-15(18-9-3-4-10-18)8-5-11-19-12-17-14-7-2-1-6-13(14)16(19)21/h1-2,6-7,12H,3-5,8-11H2. The second-order valence-corrected chi connectivity index (χ2v) is 5.45. The number of nitrogens with zero attached hydrogens (tertiary/aromatic N) is 3. The number of rotatable bonds is 4. The van der Waals surface area contributed by atoms with Crippen LogP contribution in [0, 0.1) is 0 Å². The van der Waals surface area contributed by atoms with Gasteiger partial charge in [0, 0.05) is 26.1 Å². The summed E-state index contributed by atoms with van der Waals surface area (Å²) >= 11 is 0. The number of carbonyl (C=O) groups is 1. The topological polar surface area (TPSA) is 55.2 Å². The number of benzene rings is 1. The van der Waals surface area contributed by atoms with Gasteiger partial charge < -0.3 is 4.90 Å². The van der Waals surface area contributed by atoms with Gasteiger partial charge in [-0.15, -0.1) is 0 Å². The molecule has 1 fully saturated rings. The molecule has 5 nitrogen and oxygen atoms in total. The number of para-hydroxylation sites is 1. The molecule has 5 heteroatoms. The molecule has 110 valence electrons. The minimum Gasteiger partial charge on any atom is -0.343 e. The minimum absolute atomic E-state index is 0.0331. The molecule has 0 radical (unpaired) electrons. The maximum atomic E-state index is 12.3. The summed E-state index contributed by atoms with van der Waals surface area (Å²) in [5.74, 6) is 0.203. The fourth-order valence-electron chi connectivity index (χ4n) is 2.79. The third kappa shape index (κ3) is 2.96. The van der Waals surface area contributed by atoms with Crippen molar-refractivity contribution in [1.82, 2.24) is 14.5 Å². The lowest BCUT2D eigenvalue weighted by Gasteiger charge is -2.15. The number of carbonyl (C=O) groups excluding carboxylic acids is 1. The molecule has 3 rings (SSSR count). The average molecular weight is 285 g/mol. The molecular weight excluding hydrogens is 266 g/mol. The van der Waals surface area contributed by atoms with E-state index in [0.717, 1.165) is 25.9 Å². The first-order valence-electron chi connectivity index (χ1n) is 7.48. The van der Waals surface area contributed by atoms with Gasteiger partial charge in [0.15, 0.2) is 0 Å². The van der Waals surface area contributed by atoms with Crippen molar-refractivity contribution in [1.29, 1.82) is 0 Å². The van der Waals surface area contributed by atoms with Crippen molar-refractivity contribution in [2.75, 3.05) is 13.1 Å². The van der Waals surface area contributed by atoms with Gasteiger partial charge in [0.2, 0.25) is 5.91 Å². The van der Waals surface area contributed by atoms with Crippen LogP contribution in [0.5, 0.6) is 0 Å². The van der Waals surface area contributed by atoms with Crippen molar-refractivity contribution in [2.24, 2.45) is 0 Å². The van der Waals surface area contributed by atoms with Gasteiger partial charge in [-0.25, -0.2) is 4.98 Å². The zero-order valence-electron chi connectivity index (χ0n) is 12.0. The molecule has 0 aliphatic carbocycles. The normalized spacial score (nSPS) is 14.8. The van der Waals surface area contributed by atoms with Crippen LogP contribution >= 0.6 is 0 Å². The zero-order chi connectivity index (χ0) is 14.7. The number of fused-ring (bicyclic) bond motifs is 1. The highest BCUT2D eigenvalue weighted by atomic mass is 16.2. The fourth-order valence-corrected chi connectivity index (χ4v) is 2.79. The number of aryl methyl sites for hydroxylation is 1. The van der Waals surface area contributed by atoms with Crippen LogP contribution < -0.4 is 5.56 Å². The van der Waals surface area contributed by atoms with Crippen molar-refractivity contribution >= 4 is 16.8 Å². The van der Waals surface area contributed by atoms with Crippen LogP contribution in [0.2, 0.25) is 0 Å². The number of amides is 1. The summed E-state index contributed by atoms with van der Waals surface area (Å²) in [4.78, 5) is 30.4. The molecule has 2 heterocycles. The lowest BCUT2D eigenvalue weighted by molar-refractivity contribution is -0.130. The summed E-state index contributed by atoms with van der Waals surface area (Å²) in [6.07, 6.45) is 4.97. The van der Waals surface area contributed by atoms with Crippen molar-refractivity contribution in [3.05, 3.63) is 40.9 Å². The highest BCUT2D eigenvalue weighted by Crippen LogP contribution is 2.10. The van der Waals surface area contributed by atoms with Gasteiger partial charge in [0.25, 0.3) is 5.56 Å². The molecule has 1 amide bonds. The first-order chi connectivity index (χ1) is 10.3. The Morgan fingerprint density at radius 2 is 1.95 bits per heavy atom. The van der Waals surface area contributed by atoms with E-state index in [4.69, 9.17) is 0 Å². The van der Waals surface area contributed by atoms with Gasteiger partial charge in [0.05, 0.1) is 17.2 Å². The zero-order valence-corrected chi connectivity index (χ0v) is 12.0. The third-order valence-corrected chi connectivity index (χ3v) is 3.98. The Kier molecular flexibility index (Phi) is 3.99. The molecule has 0 saturated carbocycles. The van der Waals surface area contributed by atoms with Gasteiger partial charge in [-0.05, 0) is 31.4 Å². The largest absolute Gasteiger partial charge is 0.343 e. The predicted octanol–water partition coefficient (Wildman–Crippen LogP) is 1.80. The second kappa shape index (κ2) is 6.08. The predicted molar refractivity (Wildman–Crippen MR) is 81.1 cm³/mol. The van der Waals surface area contributed by atoms with E-state index in [1.807, 2.05) is 23.1 Å². The smallest absolute Gasteiger partial charge is 0.261 e. The molecule has 1 saturated heterocycles. The lowest BCUT2D eigenvalue weighted by Crippen LogP contribution is -2.28. The van der Waals surface area contributed by atoms with Gasteiger partial charge >= 0.3 is 0 Å². The Morgan fingerprint density at radius 3 is 2.76 bits per heavy atom. The Labute approximate surface area is 123 Å². The monoisotopic (exact) mass is 285 g/mol. The van der Waals surface area contributed by atoms with E-state index < -0.39 is 0 Å². The van der Waals surface area contributed by atoms with Gasteiger partial charge in [-0.1, -0.05) is 12.1 Å². The van der Waals surface area contributed by atoms with Crippen LogP contribution in [-0.4, -0.2) is 33.4 Å². The Balaban J connectivity index is 1.64. The molecule has 21 heavy (non-hydrogen) atoms. The van der Waals surface area contributed by atoms with E-state index >= 15 is 0 Å². The van der Waals surface area contributed by atoms with E-state index in [1.165, 1.54) is 0 Å². The van der Waals surface area contributed by atoms with Crippen molar-refractivity contribution in [2.45, 2.75) is 32.2 Å². The molecule has 0 spiro atoms. The summed E-state index contributed by atoms with van der Waals surface area (Å²) in [7, 11) is 0. The maximum Gasteiger partial charge on any atom is 0.261 e. The van der Waals surface area contributed by atoms with Crippen molar-refractivity contribution < 1.29 is 4.79 Å². The maximum absolute atomic E-state index is 12.3. The molecule has 1 aliphatic rings. The van der Waals surface area contributed by atoms with E-state index in [9.17, 15) is 9.59 Å². The quantitative estimate of drug-likeness (QED) is 0.860. The summed E-state index contributed by atoms with van der Waals surface area (Å²) in [5, 5.41) is 0.630. The Morgan fingerprint density at radius 1 is 1.19 bits per heavy atom. The molecule has 1 aromatic heterocycles. The number of aromatic nitrogens is 2. The fraction of sp³-hybridized carbons (Fsp3) is 0.438. The first kappa shape index (κ1) is 13.8. The van der Waals surface area contributed by atoms with Gasteiger partial charge in [-0.3, -0.25) is 14.2 Å². The molecule has 0 N–H and O–H groups in total. The molecule has 1 aromatic carbocycles. The first-order valence-corrected chi connectivity index (χ1v) is 7.48. The number of hydrogen-bond donors (Lipinski definition) is 0. The Bertz CT molecular complexity index is 702. The van der Waals surface area contributed by atoms with Crippen LogP contribution in [-0.2, 0) is 11.3 Å². The van der Waals surface area contributed by atoms with Crippen LogP contribution in [0.15, 0.2) is 35.4 Å². The van der Waals surface area contributed by atoms with E-state index in [1.54, 1.807) is 17.0 Å². The molecule has 1 aliphatic heterocycles. The summed E-state index contributed by atoms with van der Waals surface area (Å²) < 4.78 is 1.60. The third-order valence-electron chi connectivity index (χ3n) is 3.98. The molecule has 2 aromatic rings. The molecular formula is C16H19N3O2. The van der Waals surface area contributed by atoms with Crippen molar-refractivity contribution in [3.8, 4) is 0 Å².